The number of hydrogen-bond acceptors (Lipinski definition) is 1. The Labute approximate surface area is 79.3 Å². The summed E-state index contributed by atoms with van der Waals surface area (Å²) in [4.78, 5) is 10.8. The number of benzene rings is 1. The van der Waals surface area contributed by atoms with Gasteiger partial charge in [0.2, 0.25) is 0 Å². The van der Waals surface area contributed by atoms with Crippen molar-refractivity contribution in [2.45, 2.75) is 0 Å². The van der Waals surface area contributed by atoms with Gasteiger partial charge in [-0.2, -0.15) is 0 Å². The van der Waals surface area contributed by atoms with Crippen LogP contribution < -0.4 is 10.6 Å². The zero-order valence-electron chi connectivity index (χ0n) is 6.60. The van der Waals surface area contributed by atoms with Crippen LogP contribution in [0, 0.1) is 0 Å². The van der Waals surface area contributed by atoms with Gasteiger partial charge in [-0.25, -0.2) is 4.79 Å². The van der Waals surface area contributed by atoms with Gasteiger partial charge in [-0.05, 0) is 24.3 Å². The Hall–Kier alpha value is -1.03. The maximum atomic E-state index is 10.8. The van der Waals surface area contributed by atoms with Crippen LogP contribution in [0.5, 0.6) is 0 Å². The summed E-state index contributed by atoms with van der Waals surface area (Å²) < 4.78 is 0.991. The third-order valence-electron chi connectivity index (χ3n) is 1.33. The Morgan fingerprint density at radius 2 is 1.92 bits per heavy atom. The van der Waals surface area contributed by atoms with Crippen molar-refractivity contribution in [3.63, 3.8) is 0 Å². The molecule has 0 aliphatic rings. The number of halogens is 1. The normalized spacial score (nSPS) is 9.17. The van der Waals surface area contributed by atoms with E-state index in [-0.39, 0.29) is 6.03 Å². The first-order chi connectivity index (χ1) is 5.72. The van der Waals surface area contributed by atoms with Gasteiger partial charge in [0.25, 0.3) is 0 Å². The van der Waals surface area contributed by atoms with Crippen LogP contribution in [-0.4, -0.2) is 13.1 Å². The van der Waals surface area contributed by atoms with Gasteiger partial charge >= 0.3 is 6.03 Å². The summed E-state index contributed by atoms with van der Waals surface area (Å²) in [5.74, 6) is 0. The van der Waals surface area contributed by atoms with Gasteiger partial charge < -0.3 is 10.6 Å². The molecule has 0 atom stereocenters. The van der Waals surface area contributed by atoms with Crippen molar-refractivity contribution < 1.29 is 4.79 Å². The van der Waals surface area contributed by atoms with E-state index in [1.165, 1.54) is 0 Å². The summed E-state index contributed by atoms with van der Waals surface area (Å²) in [7, 11) is 1.58. The lowest BCUT2D eigenvalue weighted by atomic mass is 10.3. The standard InChI is InChI=1S/C8H9BrN2O/c1-10-8(12)11-7-4-2-6(9)3-5-7/h2-5H,1H3,(H2,10,11,12). The van der Waals surface area contributed by atoms with Gasteiger partial charge in [0.1, 0.15) is 0 Å². The Kier molecular flexibility index (Phi) is 3.10. The minimum absolute atomic E-state index is 0.211. The summed E-state index contributed by atoms with van der Waals surface area (Å²) in [6, 6.07) is 7.16. The summed E-state index contributed by atoms with van der Waals surface area (Å²) in [5, 5.41) is 5.11. The third kappa shape index (κ3) is 2.54. The van der Waals surface area contributed by atoms with E-state index < -0.39 is 0 Å². The van der Waals surface area contributed by atoms with Crippen molar-refractivity contribution in [3.05, 3.63) is 28.7 Å². The van der Waals surface area contributed by atoms with Crippen molar-refractivity contribution in [2.75, 3.05) is 12.4 Å². The molecule has 0 fully saturated rings. The lowest BCUT2D eigenvalue weighted by molar-refractivity contribution is 0.254. The van der Waals surface area contributed by atoms with Crippen LogP contribution in [0.3, 0.4) is 0 Å². The number of carbonyl (C=O) groups excluding carboxylic acids is 1. The number of amides is 2. The Morgan fingerprint density at radius 3 is 2.42 bits per heavy atom. The monoisotopic (exact) mass is 228 g/mol. The second kappa shape index (κ2) is 4.11. The Balaban J connectivity index is 2.64. The fourth-order valence-corrected chi connectivity index (χ4v) is 0.991. The number of carbonyl (C=O) groups is 1. The van der Waals surface area contributed by atoms with E-state index in [2.05, 4.69) is 26.6 Å². The summed E-state index contributed by atoms with van der Waals surface area (Å²) in [6.45, 7) is 0. The zero-order chi connectivity index (χ0) is 8.97. The fraction of sp³-hybridized carbons (Fsp3) is 0.125. The van der Waals surface area contributed by atoms with Crippen LogP contribution in [0.25, 0.3) is 0 Å². The van der Waals surface area contributed by atoms with E-state index in [0.29, 0.717) is 0 Å². The lowest BCUT2D eigenvalue weighted by Crippen LogP contribution is -2.24. The largest absolute Gasteiger partial charge is 0.341 e. The van der Waals surface area contributed by atoms with E-state index in [1.807, 2.05) is 24.3 Å². The van der Waals surface area contributed by atoms with Crippen molar-refractivity contribution >= 4 is 27.6 Å². The van der Waals surface area contributed by atoms with Crippen LogP contribution in [0.15, 0.2) is 28.7 Å². The number of rotatable bonds is 1. The van der Waals surface area contributed by atoms with Crippen LogP contribution in [0.2, 0.25) is 0 Å². The SMILES string of the molecule is CNC(=O)Nc1ccc(Br)cc1. The van der Waals surface area contributed by atoms with E-state index in [0.717, 1.165) is 10.2 Å². The molecule has 1 aromatic carbocycles. The zero-order valence-corrected chi connectivity index (χ0v) is 8.18. The molecule has 0 saturated heterocycles. The van der Waals surface area contributed by atoms with Gasteiger partial charge in [0.15, 0.2) is 0 Å². The third-order valence-corrected chi connectivity index (χ3v) is 1.86. The molecule has 0 spiro atoms. The highest BCUT2D eigenvalue weighted by Crippen LogP contribution is 2.13. The van der Waals surface area contributed by atoms with E-state index >= 15 is 0 Å². The molecule has 0 heterocycles. The van der Waals surface area contributed by atoms with Gasteiger partial charge in [0, 0.05) is 17.2 Å². The molecule has 1 rings (SSSR count). The average Bonchev–Trinajstić information content (AvgIpc) is 2.09. The number of urea groups is 1. The van der Waals surface area contributed by atoms with Gasteiger partial charge in [-0.3, -0.25) is 0 Å². The maximum absolute atomic E-state index is 10.8. The molecule has 3 nitrogen and oxygen atoms in total. The van der Waals surface area contributed by atoms with Crippen molar-refractivity contribution in [2.24, 2.45) is 0 Å². The molecular weight excluding hydrogens is 220 g/mol. The molecule has 2 amide bonds. The van der Waals surface area contributed by atoms with Crippen molar-refractivity contribution in [1.82, 2.24) is 5.32 Å². The van der Waals surface area contributed by atoms with Crippen LogP contribution in [0.1, 0.15) is 0 Å². The highest BCUT2D eigenvalue weighted by molar-refractivity contribution is 9.10. The highest BCUT2D eigenvalue weighted by atomic mass is 79.9. The predicted octanol–water partition coefficient (Wildman–Crippen LogP) is 2.20. The fourth-order valence-electron chi connectivity index (χ4n) is 0.727. The quantitative estimate of drug-likeness (QED) is 0.761. The molecule has 0 unspecified atom stereocenters. The van der Waals surface area contributed by atoms with Crippen LogP contribution >= 0.6 is 15.9 Å². The molecular formula is C8H9BrN2O. The van der Waals surface area contributed by atoms with Crippen molar-refractivity contribution in [3.8, 4) is 0 Å². The topological polar surface area (TPSA) is 41.1 Å². The average molecular weight is 229 g/mol. The molecule has 0 saturated carbocycles. The molecule has 0 bridgehead atoms. The minimum Gasteiger partial charge on any atom is -0.341 e. The molecule has 12 heavy (non-hydrogen) atoms. The Morgan fingerprint density at radius 1 is 1.33 bits per heavy atom. The summed E-state index contributed by atoms with van der Waals surface area (Å²) in [5.41, 5.74) is 0.776. The molecule has 0 aliphatic heterocycles. The molecule has 64 valence electrons. The summed E-state index contributed by atoms with van der Waals surface area (Å²) in [6.07, 6.45) is 0. The number of nitrogens with one attached hydrogen (secondary N) is 2. The first kappa shape index (κ1) is 9.06. The smallest absolute Gasteiger partial charge is 0.318 e. The second-order valence-corrected chi connectivity index (χ2v) is 3.13. The van der Waals surface area contributed by atoms with E-state index in [4.69, 9.17) is 0 Å². The number of anilines is 1. The first-order valence-electron chi connectivity index (χ1n) is 3.46. The molecule has 0 aromatic heterocycles. The second-order valence-electron chi connectivity index (χ2n) is 2.21. The number of hydrogen-bond donors (Lipinski definition) is 2. The van der Waals surface area contributed by atoms with Crippen LogP contribution in [0.4, 0.5) is 10.5 Å². The molecule has 0 radical (unpaired) electrons. The van der Waals surface area contributed by atoms with Gasteiger partial charge in [-0.1, -0.05) is 15.9 Å². The lowest BCUT2D eigenvalue weighted by Gasteiger charge is -2.02. The molecule has 4 heteroatoms. The van der Waals surface area contributed by atoms with Gasteiger partial charge in [-0.15, -0.1) is 0 Å². The summed E-state index contributed by atoms with van der Waals surface area (Å²) >= 11 is 3.30. The molecule has 2 N–H and O–H groups in total. The maximum Gasteiger partial charge on any atom is 0.318 e. The van der Waals surface area contributed by atoms with E-state index in [1.54, 1.807) is 7.05 Å². The molecule has 1 aromatic rings. The van der Waals surface area contributed by atoms with Crippen LogP contribution in [-0.2, 0) is 0 Å². The first-order valence-corrected chi connectivity index (χ1v) is 4.26. The highest BCUT2D eigenvalue weighted by Gasteiger charge is 1.96. The Bertz CT molecular complexity index is 271. The van der Waals surface area contributed by atoms with E-state index in [9.17, 15) is 4.79 Å². The minimum atomic E-state index is -0.211. The predicted molar refractivity (Wildman–Crippen MR) is 52.2 cm³/mol. The van der Waals surface area contributed by atoms with Gasteiger partial charge in [0.05, 0.1) is 0 Å². The molecule has 0 aliphatic carbocycles. The van der Waals surface area contributed by atoms with Crippen molar-refractivity contribution in [1.29, 1.82) is 0 Å².